The van der Waals surface area contributed by atoms with Gasteiger partial charge < -0.3 is 14.8 Å². The van der Waals surface area contributed by atoms with Gasteiger partial charge in [-0.25, -0.2) is 0 Å². The third-order valence-electron chi connectivity index (χ3n) is 2.54. The molecule has 1 amide bonds. The van der Waals surface area contributed by atoms with Crippen molar-refractivity contribution < 1.29 is 14.3 Å². The number of nitrogens with one attached hydrogen (secondary N) is 1. The molecule has 0 unspecified atom stereocenters. The first-order valence-corrected chi connectivity index (χ1v) is 5.84. The highest BCUT2D eigenvalue weighted by molar-refractivity contribution is 5.76. The largest absolute Gasteiger partial charge is 0.382 e. The Morgan fingerprint density at radius 2 is 2.25 bits per heavy atom. The quantitative estimate of drug-likeness (QED) is 0.526. The van der Waals surface area contributed by atoms with E-state index in [1.54, 1.807) is 7.11 Å². The van der Waals surface area contributed by atoms with Crippen LogP contribution in [0.5, 0.6) is 0 Å². The van der Waals surface area contributed by atoms with Crippen LogP contribution in [0.4, 0.5) is 0 Å². The van der Waals surface area contributed by atoms with Crippen molar-refractivity contribution in [1.82, 2.24) is 5.32 Å². The van der Waals surface area contributed by atoms with Crippen LogP contribution in [-0.2, 0) is 14.3 Å². The number of rotatable bonds is 7. The van der Waals surface area contributed by atoms with Gasteiger partial charge in [-0.2, -0.15) is 0 Å². The predicted octanol–water partition coefficient (Wildman–Crippen LogP) is 1.26. The van der Waals surface area contributed by atoms with Gasteiger partial charge in [0, 0.05) is 19.6 Å². The molecule has 0 bridgehead atoms. The molecule has 0 heterocycles. The number of carbonyl (C=O) groups is 1. The van der Waals surface area contributed by atoms with Crippen molar-refractivity contribution in [2.45, 2.75) is 31.7 Å². The van der Waals surface area contributed by atoms with Gasteiger partial charge in [-0.1, -0.05) is 12.2 Å². The fourth-order valence-electron chi connectivity index (χ4n) is 1.63. The Morgan fingerprint density at radius 3 is 2.94 bits per heavy atom. The summed E-state index contributed by atoms with van der Waals surface area (Å²) in [5, 5.41) is 3.01. The topological polar surface area (TPSA) is 47.6 Å². The van der Waals surface area contributed by atoms with Gasteiger partial charge in [-0.3, -0.25) is 4.79 Å². The van der Waals surface area contributed by atoms with E-state index in [9.17, 15) is 4.79 Å². The molecule has 0 aromatic rings. The SMILES string of the molecule is COCCOCCC(=O)N[C@H]1CC=CCC1. The second-order valence-corrected chi connectivity index (χ2v) is 3.90. The summed E-state index contributed by atoms with van der Waals surface area (Å²) in [6.07, 6.45) is 7.79. The average Bonchev–Trinajstić information content (AvgIpc) is 2.30. The molecule has 1 aliphatic rings. The summed E-state index contributed by atoms with van der Waals surface area (Å²) in [6.45, 7) is 1.60. The van der Waals surface area contributed by atoms with E-state index in [1.807, 2.05) is 0 Å². The maximum Gasteiger partial charge on any atom is 0.222 e. The van der Waals surface area contributed by atoms with E-state index in [2.05, 4.69) is 17.5 Å². The van der Waals surface area contributed by atoms with Crippen LogP contribution >= 0.6 is 0 Å². The van der Waals surface area contributed by atoms with Gasteiger partial charge >= 0.3 is 0 Å². The second-order valence-electron chi connectivity index (χ2n) is 3.90. The summed E-state index contributed by atoms with van der Waals surface area (Å²) >= 11 is 0. The van der Waals surface area contributed by atoms with Gasteiger partial charge in [0.2, 0.25) is 5.91 Å². The summed E-state index contributed by atoms with van der Waals surface area (Å²) in [5.74, 6) is 0.0812. The lowest BCUT2D eigenvalue weighted by atomic mass is 10.0. The van der Waals surface area contributed by atoms with Gasteiger partial charge in [-0.15, -0.1) is 0 Å². The Hall–Kier alpha value is -0.870. The lowest BCUT2D eigenvalue weighted by Gasteiger charge is -2.19. The smallest absolute Gasteiger partial charge is 0.222 e. The Kier molecular flexibility index (Phi) is 6.85. The molecular weight excluding hydrogens is 206 g/mol. The Balaban J connectivity index is 2.00. The summed E-state index contributed by atoms with van der Waals surface area (Å²) < 4.78 is 10.1. The summed E-state index contributed by atoms with van der Waals surface area (Å²) in [4.78, 5) is 11.5. The molecule has 0 aromatic heterocycles. The average molecular weight is 227 g/mol. The Morgan fingerprint density at radius 1 is 1.38 bits per heavy atom. The predicted molar refractivity (Wildman–Crippen MR) is 62.2 cm³/mol. The maximum absolute atomic E-state index is 11.5. The number of methoxy groups -OCH3 is 1. The minimum absolute atomic E-state index is 0.0812. The number of hydrogen-bond acceptors (Lipinski definition) is 3. The second kappa shape index (κ2) is 8.30. The zero-order valence-electron chi connectivity index (χ0n) is 9.91. The van der Waals surface area contributed by atoms with Crippen molar-refractivity contribution in [3.8, 4) is 0 Å². The van der Waals surface area contributed by atoms with Crippen LogP contribution in [0.15, 0.2) is 12.2 Å². The van der Waals surface area contributed by atoms with Crippen molar-refractivity contribution in [3.05, 3.63) is 12.2 Å². The summed E-state index contributed by atoms with van der Waals surface area (Å²) in [6, 6.07) is 0.316. The Bertz CT molecular complexity index is 228. The third kappa shape index (κ3) is 5.88. The van der Waals surface area contributed by atoms with Crippen LogP contribution < -0.4 is 5.32 Å². The molecule has 0 spiro atoms. The van der Waals surface area contributed by atoms with Gasteiger partial charge in [0.15, 0.2) is 0 Å². The highest BCUT2D eigenvalue weighted by atomic mass is 16.5. The fourth-order valence-corrected chi connectivity index (χ4v) is 1.63. The zero-order valence-corrected chi connectivity index (χ0v) is 9.91. The number of allylic oxidation sites excluding steroid dienone is 1. The van der Waals surface area contributed by atoms with Crippen molar-refractivity contribution >= 4 is 5.91 Å². The van der Waals surface area contributed by atoms with Gasteiger partial charge in [-0.05, 0) is 19.3 Å². The van der Waals surface area contributed by atoms with E-state index in [0.29, 0.717) is 32.3 Å². The number of amides is 1. The molecule has 0 aromatic carbocycles. The molecule has 1 rings (SSSR count). The minimum atomic E-state index is 0.0812. The first kappa shape index (κ1) is 13.2. The van der Waals surface area contributed by atoms with Crippen molar-refractivity contribution in [2.24, 2.45) is 0 Å². The molecule has 16 heavy (non-hydrogen) atoms. The van der Waals surface area contributed by atoms with E-state index >= 15 is 0 Å². The van der Waals surface area contributed by atoms with E-state index in [0.717, 1.165) is 19.3 Å². The molecule has 0 fully saturated rings. The number of carbonyl (C=O) groups excluding carboxylic acids is 1. The van der Waals surface area contributed by atoms with Crippen LogP contribution in [0.2, 0.25) is 0 Å². The maximum atomic E-state index is 11.5. The summed E-state index contributed by atoms with van der Waals surface area (Å²) in [7, 11) is 1.63. The number of ether oxygens (including phenoxy) is 2. The fraction of sp³-hybridized carbons (Fsp3) is 0.750. The standard InChI is InChI=1S/C12H21NO3/c1-15-9-10-16-8-7-12(14)13-11-5-3-2-4-6-11/h2-3,11H,4-10H2,1H3,(H,13,14)/t11-/m0/s1. The molecule has 0 saturated carbocycles. The summed E-state index contributed by atoms with van der Waals surface area (Å²) in [5.41, 5.74) is 0. The third-order valence-corrected chi connectivity index (χ3v) is 2.54. The highest BCUT2D eigenvalue weighted by Crippen LogP contribution is 2.10. The van der Waals surface area contributed by atoms with Crippen LogP contribution in [0.1, 0.15) is 25.7 Å². The molecular formula is C12H21NO3. The first-order chi connectivity index (χ1) is 7.83. The molecule has 1 N–H and O–H groups in total. The van der Waals surface area contributed by atoms with E-state index < -0.39 is 0 Å². The van der Waals surface area contributed by atoms with Crippen LogP contribution in [-0.4, -0.2) is 38.9 Å². The van der Waals surface area contributed by atoms with Crippen LogP contribution in [0, 0.1) is 0 Å². The molecule has 0 radical (unpaired) electrons. The van der Waals surface area contributed by atoms with E-state index in [-0.39, 0.29) is 5.91 Å². The Labute approximate surface area is 97.0 Å². The van der Waals surface area contributed by atoms with E-state index in [1.165, 1.54) is 0 Å². The van der Waals surface area contributed by atoms with Gasteiger partial charge in [0.05, 0.1) is 19.8 Å². The lowest BCUT2D eigenvalue weighted by molar-refractivity contribution is -0.123. The molecule has 0 aliphatic heterocycles. The van der Waals surface area contributed by atoms with Crippen molar-refractivity contribution in [2.75, 3.05) is 26.9 Å². The van der Waals surface area contributed by atoms with Crippen LogP contribution in [0.3, 0.4) is 0 Å². The molecule has 92 valence electrons. The highest BCUT2D eigenvalue weighted by Gasteiger charge is 2.12. The van der Waals surface area contributed by atoms with Crippen molar-refractivity contribution in [3.63, 3.8) is 0 Å². The monoisotopic (exact) mass is 227 g/mol. The van der Waals surface area contributed by atoms with Gasteiger partial charge in [0.25, 0.3) is 0 Å². The van der Waals surface area contributed by atoms with E-state index in [4.69, 9.17) is 9.47 Å². The molecule has 4 heteroatoms. The molecule has 4 nitrogen and oxygen atoms in total. The normalized spacial score (nSPS) is 19.7. The molecule has 1 atom stereocenters. The van der Waals surface area contributed by atoms with Crippen molar-refractivity contribution in [1.29, 1.82) is 0 Å². The molecule has 1 aliphatic carbocycles. The first-order valence-electron chi connectivity index (χ1n) is 5.84. The van der Waals surface area contributed by atoms with Gasteiger partial charge in [0.1, 0.15) is 0 Å². The number of hydrogen-bond donors (Lipinski definition) is 1. The zero-order chi connectivity index (χ0) is 11.6. The molecule has 0 saturated heterocycles. The minimum Gasteiger partial charge on any atom is -0.382 e. The van der Waals surface area contributed by atoms with Crippen LogP contribution in [0.25, 0.3) is 0 Å². The lowest BCUT2D eigenvalue weighted by Crippen LogP contribution is -2.35.